The molecular weight excluding hydrogens is 246 g/mol. The first kappa shape index (κ1) is 15.0. The van der Waals surface area contributed by atoms with Crippen LogP contribution in [-0.2, 0) is 16.0 Å². The van der Waals surface area contributed by atoms with E-state index in [1.54, 1.807) is 24.3 Å². The normalized spacial score (nSPS) is 11.7. The maximum absolute atomic E-state index is 11.7. The van der Waals surface area contributed by atoms with Crippen LogP contribution >= 0.6 is 0 Å². The Kier molecular flexibility index (Phi) is 5.81. The standard InChI is InChI=1S/C13H19N3O3/c1-9(17)15-6-7-16-13(19)12(14)8-10-2-4-11(18)5-3-10/h2-5,12,18H,6-8,14H2,1H3,(H,15,17)(H,16,19). The zero-order chi connectivity index (χ0) is 14.3. The predicted octanol–water partition coefficient (Wildman–Crippen LogP) is -0.486. The highest BCUT2D eigenvalue weighted by atomic mass is 16.3. The van der Waals surface area contributed by atoms with Crippen molar-refractivity contribution < 1.29 is 14.7 Å². The van der Waals surface area contributed by atoms with Crippen molar-refractivity contribution in [3.05, 3.63) is 29.8 Å². The average molecular weight is 265 g/mol. The van der Waals surface area contributed by atoms with Crippen molar-refractivity contribution in [3.8, 4) is 5.75 Å². The fraction of sp³-hybridized carbons (Fsp3) is 0.385. The number of carbonyl (C=O) groups is 2. The first-order chi connectivity index (χ1) is 8.99. The van der Waals surface area contributed by atoms with E-state index < -0.39 is 6.04 Å². The van der Waals surface area contributed by atoms with Crippen LogP contribution < -0.4 is 16.4 Å². The van der Waals surface area contributed by atoms with Crippen LogP contribution in [0.15, 0.2) is 24.3 Å². The van der Waals surface area contributed by atoms with E-state index in [9.17, 15) is 9.59 Å². The molecule has 6 nitrogen and oxygen atoms in total. The van der Waals surface area contributed by atoms with Crippen LogP contribution in [0.2, 0.25) is 0 Å². The fourth-order valence-corrected chi connectivity index (χ4v) is 1.53. The molecule has 1 atom stereocenters. The van der Waals surface area contributed by atoms with Crippen molar-refractivity contribution in [1.29, 1.82) is 0 Å². The van der Waals surface area contributed by atoms with E-state index in [1.807, 2.05) is 0 Å². The van der Waals surface area contributed by atoms with Crippen molar-refractivity contribution in [3.63, 3.8) is 0 Å². The first-order valence-corrected chi connectivity index (χ1v) is 6.04. The second-order valence-electron chi connectivity index (χ2n) is 4.25. The van der Waals surface area contributed by atoms with Gasteiger partial charge in [0.15, 0.2) is 0 Å². The highest BCUT2D eigenvalue weighted by molar-refractivity contribution is 5.81. The van der Waals surface area contributed by atoms with Gasteiger partial charge in [0.1, 0.15) is 5.75 Å². The Labute approximate surface area is 112 Å². The molecule has 1 aromatic carbocycles. The molecule has 0 bridgehead atoms. The van der Waals surface area contributed by atoms with Crippen LogP contribution in [0.3, 0.4) is 0 Å². The average Bonchev–Trinajstić information content (AvgIpc) is 2.36. The number of benzene rings is 1. The molecule has 0 aliphatic heterocycles. The number of aromatic hydroxyl groups is 1. The minimum atomic E-state index is -0.651. The molecule has 2 amide bonds. The maximum atomic E-state index is 11.7. The van der Waals surface area contributed by atoms with E-state index in [0.29, 0.717) is 19.5 Å². The molecule has 104 valence electrons. The summed E-state index contributed by atoms with van der Waals surface area (Å²) in [6.45, 7) is 2.15. The molecule has 0 aliphatic rings. The molecule has 0 saturated carbocycles. The van der Waals surface area contributed by atoms with Crippen LogP contribution in [0, 0.1) is 0 Å². The summed E-state index contributed by atoms with van der Waals surface area (Å²) in [5, 5.41) is 14.4. The van der Waals surface area contributed by atoms with E-state index >= 15 is 0 Å². The maximum Gasteiger partial charge on any atom is 0.237 e. The molecule has 19 heavy (non-hydrogen) atoms. The smallest absolute Gasteiger partial charge is 0.237 e. The molecule has 0 aliphatic carbocycles. The van der Waals surface area contributed by atoms with Gasteiger partial charge in [-0.15, -0.1) is 0 Å². The number of phenolic OH excluding ortho intramolecular Hbond substituents is 1. The molecule has 0 heterocycles. The van der Waals surface area contributed by atoms with Crippen molar-refractivity contribution in [2.45, 2.75) is 19.4 Å². The van der Waals surface area contributed by atoms with Gasteiger partial charge in [-0.2, -0.15) is 0 Å². The number of hydrogen-bond acceptors (Lipinski definition) is 4. The van der Waals surface area contributed by atoms with Gasteiger partial charge in [0.25, 0.3) is 0 Å². The lowest BCUT2D eigenvalue weighted by molar-refractivity contribution is -0.123. The van der Waals surface area contributed by atoms with Crippen LogP contribution in [-0.4, -0.2) is 36.1 Å². The van der Waals surface area contributed by atoms with Crippen LogP contribution in [0.5, 0.6) is 5.75 Å². The second-order valence-corrected chi connectivity index (χ2v) is 4.25. The fourth-order valence-electron chi connectivity index (χ4n) is 1.53. The molecular formula is C13H19N3O3. The lowest BCUT2D eigenvalue weighted by atomic mass is 10.1. The van der Waals surface area contributed by atoms with Crippen molar-refractivity contribution in [1.82, 2.24) is 10.6 Å². The lowest BCUT2D eigenvalue weighted by Crippen LogP contribution is -2.44. The molecule has 0 spiro atoms. The SMILES string of the molecule is CC(=O)NCCNC(=O)C(N)Cc1ccc(O)cc1. The predicted molar refractivity (Wildman–Crippen MR) is 71.5 cm³/mol. The zero-order valence-corrected chi connectivity index (χ0v) is 10.8. The molecule has 1 rings (SSSR count). The number of nitrogens with one attached hydrogen (secondary N) is 2. The highest BCUT2D eigenvalue weighted by Gasteiger charge is 2.13. The molecule has 6 heteroatoms. The Morgan fingerprint density at radius 1 is 1.21 bits per heavy atom. The zero-order valence-electron chi connectivity index (χ0n) is 10.8. The van der Waals surface area contributed by atoms with Crippen LogP contribution in [0.4, 0.5) is 0 Å². The van der Waals surface area contributed by atoms with E-state index in [2.05, 4.69) is 10.6 Å². The van der Waals surface area contributed by atoms with Gasteiger partial charge in [-0.25, -0.2) is 0 Å². The minimum absolute atomic E-state index is 0.136. The first-order valence-electron chi connectivity index (χ1n) is 6.04. The summed E-state index contributed by atoms with van der Waals surface area (Å²) in [7, 11) is 0. The molecule has 0 fully saturated rings. The Balaban J connectivity index is 2.32. The van der Waals surface area contributed by atoms with Gasteiger partial charge >= 0.3 is 0 Å². The molecule has 0 aromatic heterocycles. The van der Waals surface area contributed by atoms with Gasteiger partial charge in [0.05, 0.1) is 6.04 Å². The van der Waals surface area contributed by atoms with Crippen molar-refractivity contribution in [2.24, 2.45) is 5.73 Å². The number of hydrogen-bond donors (Lipinski definition) is 4. The van der Waals surface area contributed by atoms with Gasteiger partial charge in [-0.3, -0.25) is 9.59 Å². The number of rotatable bonds is 6. The summed E-state index contributed by atoms with van der Waals surface area (Å²) < 4.78 is 0. The Morgan fingerprint density at radius 3 is 2.37 bits per heavy atom. The van der Waals surface area contributed by atoms with Crippen molar-refractivity contribution in [2.75, 3.05) is 13.1 Å². The third kappa shape index (κ3) is 5.87. The Morgan fingerprint density at radius 2 is 1.79 bits per heavy atom. The lowest BCUT2D eigenvalue weighted by Gasteiger charge is -2.12. The van der Waals surface area contributed by atoms with Gasteiger partial charge in [-0.1, -0.05) is 12.1 Å². The van der Waals surface area contributed by atoms with Crippen molar-refractivity contribution >= 4 is 11.8 Å². The van der Waals surface area contributed by atoms with E-state index in [-0.39, 0.29) is 17.6 Å². The molecule has 0 radical (unpaired) electrons. The monoisotopic (exact) mass is 265 g/mol. The number of nitrogens with two attached hydrogens (primary N) is 1. The quantitative estimate of drug-likeness (QED) is 0.521. The Bertz CT molecular complexity index is 431. The van der Waals surface area contributed by atoms with Crippen LogP contribution in [0.25, 0.3) is 0 Å². The molecule has 1 aromatic rings. The number of phenols is 1. The highest BCUT2D eigenvalue weighted by Crippen LogP contribution is 2.10. The number of carbonyl (C=O) groups excluding carboxylic acids is 2. The Hall–Kier alpha value is -2.08. The summed E-state index contributed by atoms with van der Waals surface area (Å²) in [5.74, 6) is -0.224. The summed E-state index contributed by atoms with van der Waals surface area (Å²) in [4.78, 5) is 22.3. The topological polar surface area (TPSA) is 104 Å². The minimum Gasteiger partial charge on any atom is -0.508 e. The third-order valence-corrected chi connectivity index (χ3v) is 2.53. The summed E-state index contributed by atoms with van der Waals surface area (Å²) in [5.41, 5.74) is 6.64. The van der Waals surface area contributed by atoms with Gasteiger partial charge < -0.3 is 21.5 Å². The van der Waals surface area contributed by atoms with E-state index in [1.165, 1.54) is 6.92 Å². The summed E-state index contributed by atoms with van der Waals surface area (Å²) in [6, 6.07) is 5.90. The van der Waals surface area contributed by atoms with Gasteiger partial charge in [0, 0.05) is 20.0 Å². The third-order valence-electron chi connectivity index (χ3n) is 2.53. The largest absolute Gasteiger partial charge is 0.508 e. The second kappa shape index (κ2) is 7.38. The molecule has 5 N–H and O–H groups in total. The van der Waals surface area contributed by atoms with Crippen LogP contribution in [0.1, 0.15) is 12.5 Å². The summed E-state index contributed by atoms with van der Waals surface area (Å²) in [6.07, 6.45) is 0.395. The van der Waals surface area contributed by atoms with E-state index in [4.69, 9.17) is 10.8 Å². The molecule has 0 saturated heterocycles. The molecule has 1 unspecified atom stereocenters. The van der Waals surface area contributed by atoms with Gasteiger partial charge in [-0.05, 0) is 24.1 Å². The van der Waals surface area contributed by atoms with E-state index in [0.717, 1.165) is 5.56 Å². The number of amides is 2. The summed E-state index contributed by atoms with van der Waals surface area (Å²) >= 11 is 0. The van der Waals surface area contributed by atoms with Gasteiger partial charge in [0.2, 0.25) is 11.8 Å².